The third kappa shape index (κ3) is 4.46. The van der Waals surface area contributed by atoms with Crippen LogP contribution < -0.4 is 10.2 Å². The highest BCUT2D eigenvalue weighted by atomic mass is 32.1. The lowest BCUT2D eigenvalue weighted by molar-refractivity contribution is 0.565. The molecule has 190 valence electrons. The van der Waals surface area contributed by atoms with Crippen molar-refractivity contribution < 1.29 is 0 Å². The van der Waals surface area contributed by atoms with Crippen LogP contribution in [0.3, 0.4) is 0 Å². The Labute approximate surface area is 226 Å². The summed E-state index contributed by atoms with van der Waals surface area (Å²) in [6.45, 7) is 13.3. The molecule has 0 amide bonds. The molecule has 1 fully saturated rings. The first-order valence-electron chi connectivity index (χ1n) is 13.2. The van der Waals surface area contributed by atoms with Crippen molar-refractivity contribution in [2.75, 3.05) is 4.90 Å². The van der Waals surface area contributed by atoms with Crippen molar-refractivity contribution >= 4 is 23.0 Å². The molecule has 0 bridgehead atoms. The molecule has 0 unspecified atom stereocenters. The standard InChI is InChI=1S/C32H36N4S/c1-7-24-12-10-11-21(4)30(24)35-22(5)19-27(23(35)6)31-29(28-13-8-9-18-33-28)34-32(37)36(31)26-16-14-25(15-17-26)20(2)3/h8-20,29,31H,7H2,1-6H3,(H,34,37)/t29-,31+/m1/s1. The average Bonchev–Trinajstić information content (AvgIpc) is 3.39. The van der Waals surface area contributed by atoms with Gasteiger partial charge in [0.1, 0.15) is 0 Å². The van der Waals surface area contributed by atoms with Crippen LogP contribution in [0.1, 0.15) is 78.1 Å². The molecule has 2 aromatic heterocycles. The van der Waals surface area contributed by atoms with Crippen LogP contribution in [0.15, 0.2) is 72.9 Å². The van der Waals surface area contributed by atoms with E-state index in [2.05, 4.69) is 111 Å². The molecule has 0 saturated carbocycles. The summed E-state index contributed by atoms with van der Waals surface area (Å²) in [5.41, 5.74) is 11.1. The molecular formula is C32H36N4S. The second kappa shape index (κ2) is 10.1. The maximum atomic E-state index is 5.98. The van der Waals surface area contributed by atoms with Crippen molar-refractivity contribution in [2.45, 2.75) is 66.0 Å². The Balaban J connectivity index is 1.69. The number of aromatic nitrogens is 2. The van der Waals surface area contributed by atoms with Gasteiger partial charge in [-0.25, -0.2) is 0 Å². The maximum Gasteiger partial charge on any atom is 0.174 e. The Hall–Kier alpha value is -3.44. The van der Waals surface area contributed by atoms with E-state index in [9.17, 15) is 0 Å². The average molecular weight is 509 g/mol. The Morgan fingerprint density at radius 2 is 1.73 bits per heavy atom. The van der Waals surface area contributed by atoms with Crippen LogP contribution in [-0.2, 0) is 6.42 Å². The van der Waals surface area contributed by atoms with Gasteiger partial charge in [0.25, 0.3) is 0 Å². The van der Waals surface area contributed by atoms with E-state index in [1.54, 1.807) is 0 Å². The fourth-order valence-corrected chi connectivity index (χ4v) is 6.07. The Kier molecular flexibility index (Phi) is 6.91. The summed E-state index contributed by atoms with van der Waals surface area (Å²) in [4.78, 5) is 7.02. The molecule has 1 saturated heterocycles. The first-order chi connectivity index (χ1) is 17.8. The maximum absolute atomic E-state index is 5.98. The number of nitrogens with one attached hydrogen (secondary N) is 1. The summed E-state index contributed by atoms with van der Waals surface area (Å²) >= 11 is 5.98. The number of hydrogen-bond acceptors (Lipinski definition) is 2. The van der Waals surface area contributed by atoms with E-state index >= 15 is 0 Å². The third-order valence-electron chi connectivity index (χ3n) is 7.65. The number of rotatable bonds is 6. The van der Waals surface area contributed by atoms with Crippen LogP contribution in [0.5, 0.6) is 0 Å². The second-order valence-electron chi connectivity index (χ2n) is 10.3. The van der Waals surface area contributed by atoms with E-state index in [1.807, 2.05) is 18.3 Å². The first-order valence-corrected chi connectivity index (χ1v) is 13.6. The molecule has 4 aromatic rings. The zero-order valence-electron chi connectivity index (χ0n) is 22.6. The first kappa shape index (κ1) is 25.2. The van der Waals surface area contributed by atoms with Crippen molar-refractivity contribution in [3.05, 3.63) is 112 Å². The normalized spacial score (nSPS) is 17.5. The molecule has 2 aromatic carbocycles. The van der Waals surface area contributed by atoms with Gasteiger partial charge in [0.15, 0.2) is 5.11 Å². The fourth-order valence-electron chi connectivity index (χ4n) is 5.72. The van der Waals surface area contributed by atoms with Crippen LogP contribution in [0.25, 0.3) is 5.69 Å². The largest absolute Gasteiger partial charge is 0.351 e. The smallest absolute Gasteiger partial charge is 0.174 e. The Morgan fingerprint density at radius 3 is 2.38 bits per heavy atom. The molecule has 3 heterocycles. The third-order valence-corrected chi connectivity index (χ3v) is 7.97. The molecule has 1 N–H and O–H groups in total. The lowest BCUT2D eigenvalue weighted by Gasteiger charge is -2.28. The minimum atomic E-state index is -0.0602. The van der Waals surface area contributed by atoms with E-state index in [-0.39, 0.29) is 12.1 Å². The number of hydrogen-bond donors (Lipinski definition) is 1. The van der Waals surface area contributed by atoms with Gasteiger partial charge < -0.3 is 14.8 Å². The number of para-hydroxylation sites is 1. The Morgan fingerprint density at radius 1 is 0.973 bits per heavy atom. The fraction of sp³-hybridized carbons (Fsp3) is 0.312. The summed E-state index contributed by atoms with van der Waals surface area (Å²) in [5.74, 6) is 0.482. The molecule has 0 spiro atoms. The van der Waals surface area contributed by atoms with Gasteiger partial charge in [0, 0.05) is 23.3 Å². The summed E-state index contributed by atoms with van der Waals surface area (Å²) in [6.07, 6.45) is 2.85. The number of aryl methyl sites for hydroxylation is 3. The predicted octanol–water partition coefficient (Wildman–Crippen LogP) is 7.66. The van der Waals surface area contributed by atoms with E-state index in [0.29, 0.717) is 5.92 Å². The van der Waals surface area contributed by atoms with Gasteiger partial charge in [-0.05, 0) is 97.9 Å². The molecule has 1 aliphatic heterocycles. The van der Waals surface area contributed by atoms with Crippen molar-refractivity contribution in [3.63, 3.8) is 0 Å². The van der Waals surface area contributed by atoms with E-state index in [1.165, 1.54) is 39.3 Å². The summed E-state index contributed by atoms with van der Waals surface area (Å²) in [6, 6.07) is 23.8. The van der Waals surface area contributed by atoms with Gasteiger partial charge in [-0.3, -0.25) is 4.98 Å². The van der Waals surface area contributed by atoms with Crippen LogP contribution in [0, 0.1) is 20.8 Å². The van der Waals surface area contributed by atoms with Gasteiger partial charge in [0.05, 0.1) is 23.5 Å². The molecule has 4 nitrogen and oxygen atoms in total. The van der Waals surface area contributed by atoms with Crippen LogP contribution >= 0.6 is 12.2 Å². The molecule has 2 atom stereocenters. The summed E-state index contributed by atoms with van der Waals surface area (Å²) < 4.78 is 2.43. The Bertz CT molecular complexity index is 1420. The van der Waals surface area contributed by atoms with Crippen LogP contribution in [-0.4, -0.2) is 14.7 Å². The van der Waals surface area contributed by atoms with Crippen molar-refractivity contribution in [1.82, 2.24) is 14.9 Å². The SMILES string of the molecule is CCc1cccc(C)c1-n1c(C)cc([C@H]2[C@@H](c3ccccn3)NC(=S)N2c2ccc(C(C)C)cc2)c1C. The van der Waals surface area contributed by atoms with Crippen LogP contribution in [0.2, 0.25) is 0 Å². The summed E-state index contributed by atoms with van der Waals surface area (Å²) in [7, 11) is 0. The minimum absolute atomic E-state index is 0.0265. The van der Waals surface area contributed by atoms with Gasteiger partial charge in [-0.1, -0.05) is 57.2 Å². The topological polar surface area (TPSA) is 33.1 Å². The second-order valence-corrected chi connectivity index (χ2v) is 10.7. The summed E-state index contributed by atoms with van der Waals surface area (Å²) in [5, 5.41) is 4.35. The molecule has 0 radical (unpaired) electrons. The molecule has 5 heteroatoms. The molecular weight excluding hydrogens is 472 g/mol. The number of thiocarbonyl (C=S) groups is 1. The van der Waals surface area contributed by atoms with Gasteiger partial charge in [-0.2, -0.15) is 0 Å². The predicted molar refractivity (Wildman–Crippen MR) is 158 cm³/mol. The molecule has 37 heavy (non-hydrogen) atoms. The quantitative estimate of drug-likeness (QED) is 0.271. The number of benzene rings is 2. The highest BCUT2D eigenvalue weighted by molar-refractivity contribution is 7.80. The van der Waals surface area contributed by atoms with Crippen molar-refractivity contribution in [2.24, 2.45) is 0 Å². The van der Waals surface area contributed by atoms with Crippen LogP contribution in [0.4, 0.5) is 5.69 Å². The lowest BCUT2D eigenvalue weighted by Crippen LogP contribution is -2.29. The van der Waals surface area contributed by atoms with Gasteiger partial charge in [-0.15, -0.1) is 0 Å². The van der Waals surface area contributed by atoms with E-state index < -0.39 is 0 Å². The lowest BCUT2D eigenvalue weighted by atomic mass is 9.96. The zero-order chi connectivity index (χ0) is 26.3. The number of anilines is 1. The zero-order valence-corrected chi connectivity index (χ0v) is 23.4. The van der Waals surface area contributed by atoms with Gasteiger partial charge in [0.2, 0.25) is 0 Å². The number of pyridine rings is 1. The minimum Gasteiger partial charge on any atom is -0.351 e. The van der Waals surface area contributed by atoms with Gasteiger partial charge >= 0.3 is 0 Å². The highest BCUT2D eigenvalue weighted by Crippen LogP contribution is 2.44. The molecule has 0 aliphatic carbocycles. The highest BCUT2D eigenvalue weighted by Gasteiger charge is 2.42. The molecule has 1 aliphatic rings. The number of nitrogens with zero attached hydrogens (tertiary/aromatic N) is 3. The van der Waals surface area contributed by atoms with E-state index in [4.69, 9.17) is 17.2 Å². The molecule has 5 rings (SSSR count). The monoisotopic (exact) mass is 508 g/mol. The van der Waals surface area contributed by atoms with E-state index in [0.717, 1.165) is 22.9 Å². The van der Waals surface area contributed by atoms with Crippen molar-refractivity contribution in [1.29, 1.82) is 0 Å². The van der Waals surface area contributed by atoms with Crippen molar-refractivity contribution in [3.8, 4) is 5.69 Å².